The summed E-state index contributed by atoms with van der Waals surface area (Å²) in [5.74, 6) is -1.48. The predicted molar refractivity (Wildman–Crippen MR) is 133 cm³/mol. The van der Waals surface area contributed by atoms with E-state index in [-0.39, 0.29) is 25.6 Å². The minimum atomic E-state index is -0.607. The minimum absolute atomic E-state index is 0. The lowest BCUT2D eigenvalue weighted by atomic mass is 10.1. The molecule has 0 bridgehead atoms. The van der Waals surface area contributed by atoms with Gasteiger partial charge in [0.15, 0.2) is 0 Å². The molecule has 0 radical (unpaired) electrons. The number of methoxy groups -OCH3 is 1. The molecule has 34 heavy (non-hydrogen) atoms. The molecule has 0 spiro atoms. The second kappa shape index (κ2) is 12.5. The van der Waals surface area contributed by atoms with Gasteiger partial charge in [-0.05, 0) is 42.8 Å². The van der Waals surface area contributed by atoms with Crippen LogP contribution in [0.2, 0.25) is 0 Å². The second-order valence-corrected chi connectivity index (χ2v) is 7.83. The maximum atomic E-state index is 13.1. The van der Waals surface area contributed by atoms with E-state index in [1.165, 1.54) is 17.8 Å². The van der Waals surface area contributed by atoms with Gasteiger partial charge in [-0.3, -0.25) is 14.2 Å². The lowest BCUT2D eigenvalue weighted by Gasteiger charge is -2.05. The monoisotopic (exact) mass is 502 g/mol. The molecular weight excluding hydrogens is 480 g/mol. The van der Waals surface area contributed by atoms with Crippen molar-refractivity contribution in [3.8, 4) is 0 Å². The summed E-state index contributed by atoms with van der Waals surface area (Å²) in [5, 5.41) is 2.73. The molecule has 0 saturated carbocycles. The van der Waals surface area contributed by atoms with Gasteiger partial charge in [0.2, 0.25) is 5.91 Å². The first-order valence-corrected chi connectivity index (χ1v) is 10.9. The number of aromatic nitrogens is 1. The van der Waals surface area contributed by atoms with E-state index in [1.807, 2.05) is 6.07 Å². The van der Waals surface area contributed by atoms with Gasteiger partial charge >= 0.3 is 11.9 Å². The number of anilines is 1. The van der Waals surface area contributed by atoms with E-state index < -0.39 is 23.4 Å². The maximum Gasteiger partial charge on any atom is 0.337 e. The van der Waals surface area contributed by atoms with Gasteiger partial charge in [-0.2, -0.15) is 0 Å². The fraction of sp³-hybridized carbons (Fsp3) is 0.167. The fourth-order valence-corrected chi connectivity index (χ4v) is 3.96. The largest absolute Gasteiger partial charge is 0.465 e. The number of halogens is 1. The first-order valence-electron chi connectivity index (χ1n) is 10.0. The first-order chi connectivity index (χ1) is 15.9. The van der Waals surface area contributed by atoms with Crippen molar-refractivity contribution in [3.63, 3.8) is 0 Å². The van der Waals surface area contributed by atoms with Gasteiger partial charge in [0.1, 0.15) is 11.2 Å². The summed E-state index contributed by atoms with van der Waals surface area (Å²) in [5.41, 5.74) is 1.23. The molecule has 1 amide bonds. The van der Waals surface area contributed by atoms with Crippen LogP contribution < -0.4 is 20.1 Å². The highest BCUT2D eigenvalue weighted by atomic mass is 35.5. The van der Waals surface area contributed by atoms with E-state index in [9.17, 15) is 19.2 Å². The topological polar surface area (TPSA) is 104 Å². The zero-order valence-electron chi connectivity index (χ0n) is 18.5. The van der Waals surface area contributed by atoms with Crippen molar-refractivity contribution < 1.29 is 23.9 Å². The van der Waals surface area contributed by atoms with Crippen LogP contribution in [0.4, 0.5) is 5.69 Å². The minimum Gasteiger partial charge on any atom is -0.465 e. The smallest absolute Gasteiger partial charge is 0.337 e. The Bertz CT molecular complexity index is 1330. The van der Waals surface area contributed by atoms with Crippen molar-refractivity contribution in [1.82, 2.24) is 4.57 Å². The quantitative estimate of drug-likeness (QED) is 0.495. The Morgan fingerprint density at radius 1 is 1.06 bits per heavy atom. The Balaban J connectivity index is 0.00000408. The number of esters is 2. The SMILES string of the molecule is CCOC(=O)C=c1sc(=Cc2ccc(C(=O)OC)cc2)c(=O)n1CC(=O)Nc1ccccc1.Cl. The molecule has 178 valence electrons. The number of ether oxygens (including phenoxy) is 2. The molecular formula is C24H23ClN2O6S. The third kappa shape index (κ3) is 6.90. The summed E-state index contributed by atoms with van der Waals surface area (Å²) in [7, 11) is 1.30. The standard InChI is InChI=1S/C24H22N2O6S.ClH/c1-3-32-22(28)14-21-26(15-20(27)25-18-7-5-4-6-8-18)23(29)19(33-21)13-16-9-11-17(12-10-16)24(30)31-2;/h4-14H,3,15H2,1-2H3,(H,25,27);1H. The molecule has 8 nitrogen and oxygen atoms in total. The van der Waals surface area contributed by atoms with E-state index in [2.05, 4.69) is 10.1 Å². The molecule has 0 aliphatic heterocycles. The molecule has 1 heterocycles. The van der Waals surface area contributed by atoms with Crippen molar-refractivity contribution in [2.45, 2.75) is 13.5 Å². The van der Waals surface area contributed by atoms with Gasteiger partial charge in [-0.15, -0.1) is 23.7 Å². The van der Waals surface area contributed by atoms with Gasteiger partial charge in [-0.1, -0.05) is 30.3 Å². The van der Waals surface area contributed by atoms with Crippen molar-refractivity contribution in [1.29, 1.82) is 0 Å². The molecule has 3 rings (SSSR count). The van der Waals surface area contributed by atoms with E-state index in [0.29, 0.717) is 26.0 Å². The number of hydrogen-bond acceptors (Lipinski definition) is 7. The normalized spacial score (nSPS) is 11.5. The van der Waals surface area contributed by atoms with Crippen LogP contribution in [-0.4, -0.2) is 36.1 Å². The summed E-state index contributed by atoms with van der Waals surface area (Å²) >= 11 is 1.07. The summed E-state index contributed by atoms with van der Waals surface area (Å²) in [6.45, 7) is 1.59. The molecule has 1 aromatic heterocycles. The van der Waals surface area contributed by atoms with Crippen LogP contribution >= 0.6 is 23.7 Å². The zero-order chi connectivity index (χ0) is 23.8. The van der Waals surface area contributed by atoms with Gasteiger partial charge in [-0.25, -0.2) is 9.59 Å². The molecule has 0 fully saturated rings. The van der Waals surface area contributed by atoms with Crippen LogP contribution in [0.1, 0.15) is 22.8 Å². The van der Waals surface area contributed by atoms with Crippen molar-refractivity contribution in [2.24, 2.45) is 0 Å². The highest BCUT2D eigenvalue weighted by Crippen LogP contribution is 2.07. The molecule has 0 aliphatic carbocycles. The van der Waals surface area contributed by atoms with Crippen LogP contribution in [0.5, 0.6) is 0 Å². The summed E-state index contributed by atoms with van der Waals surface area (Å²) in [4.78, 5) is 49.2. The van der Waals surface area contributed by atoms with Crippen LogP contribution in [0, 0.1) is 0 Å². The van der Waals surface area contributed by atoms with Crippen LogP contribution in [0.15, 0.2) is 59.4 Å². The van der Waals surface area contributed by atoms with E-state index in [0.717, 1.165) is 11.3 Å². The number of amides is 1. The third-order valence-corrected chi connectivity index (χ3v) is 5.51. The number of nitrogens with zero attached hydrogens (tertiary/aromatic N) is 1. The Morgan fingerprint density at radius 3 is 2.35 bits per heavy atom. The van der Waals surface area contributed by atoms with Gasteiger partial charge < -0.3 is 14.8 Å². The van der Waals surface area contributed by atoms with Crippen molar-refractivity contribution in [3.05, 3.63) is 85.3 Å². The summed E-state index contributed by atoms with van der Waals surface area (Å²) < 4.78 is 11.5. The fourth-order valence-electron chi connectivity index (χ4n) is 2.93. The highest BCUT2D eigenvalue weighted by Gasteiger charge is 2.12. The van der Waals surface area contributed by atoms with Crippen LogP contribution in [0.3, 0.4) is 0 Å². The molecule has 0 aliphatic rings. The van der Waals surface area contributed by atoms with Gasteiger partial charge in [0, 0.05) is 5.69 Å². The highest BCUT2D eigenvalue weighted by molar-refractivity contribution is 7.07. The van der Waals surface area contributed by atoms with Crippen LogP contribution in [-0.2, 0) is 25.6 Å². The average molecular weight is 503 g/mol. The molecule has 0 atom stereocenters. The number of hydrogen-bond donors (Lipinski definition) is 1. The number of carbonyl (C=O) groups is 3. The molecule has 1 N–H and O–H groups in total. The Kier molecular flexibility index (Phi) is 9.78. The van der Waals surface area contributed by atoms with Crippen molar-refractivity contribution >= 4 is 59.4 Å². The first kappa shape index (κ1) is 26.6. The van der Waals surface area contributed by atoms with Gasteiger partial charge in [0.25, 0.3) is 5.56 Å². The Morgan fingerprint density at radius 2 is 1.74 bits per heavy atom. The molecule has 10 heteroatoms. The van der Waals surface area contributed by atoms with E-state index in [1.54, 1.807) is 61.5 Å². The Hall–Kier alpha value is -3.69. The lowest BCUT2D eigenvalue weighted by Crippen LogP contribution is -2.36. The van der Waals surface area contributed by atoms with E-state index >= 15 is 0 Å². The number of carbonyl (C=O) groups excluding carboxylic acids is 3. The molecule has 3 aromatic rings. The number of benzene rings is 2. The molecule has 0 saturated heterocycles. The Labute approximate surface area is 205 Å². The van der Waals surface area contributed by atoms with Gasteiger partial charge in [0.05, 0.1) is 29.9 Å². The zero-order valence-corrected chi connectivity index (χ0v) is 20.1. The number of thiazole rings is 1. The second-order valence-electron chi connectivity index (χ2n) is 6.76. The lowest BCUT2D eigenvalue weighted by molar-refractivity contribution is -0.135. The summed E-state index contributed by atoms with van der Waals surface area (Å²) in [6.07, 6.45) is 2.82. The molecule has 2 aromatic carbocycles. The van der Waals surface area contributed by atoms with Crippen LogP contribution in [0.25, 0.3) is 12.2 Å². The van der Waals surface area contributed by atoms with Crippen molar-refractivity contribution in [2.75, 3.05) is 19.0 Å². The average Bonchev–Trinajstić information content (AvgIpc) is 3.08. The summed E-state index contributed by atoms with van der Waals surface area (Å²) in [6, 6.07) is 15.4. The number of nitrogens with one attached hydrogen (secondary N) is 1. The maximum absolute atomic E-state index is 13.1. The predicted octanol–water partition coefficient (Wildman–Crippen LogP) is 1.93. The number of rotatable bonds is 7. The van der Waals surface area contributed by atoms with E-state index in [4.69, 9.17) is 4.74 Å². The molecule has 0 unspecified atom stereocenters. The number of para-hydroxylation sites is 1. The third-order valence-electron chi connectivity index (χ3n) is 4.45.